The number of nitrogens with zero attached hydrogens (tertiary/aromatic N) is 1. The van der Waals surface area contributed by atoms with Crippen molar-refractivity contribution in [3.8, 4) is 0 Å². The summed E-state index contributed by atoms with van der Waals surface area (Å²) in [4.78, 5) is 4.47. The van der Waals surface area contributed by atoms with Crippen molar-refractivity contribution in [1.29, 1.82) is 0 Å². The highest BCUT2D eigenvalue weighted by Crippen LogP contribution is 2.14. The lowest BCUT2D eigenvalue weighted by molar-refractivity contribution is 0.879. The van der Waals surface area contributed by atoms with Crippen LogP contribution in [0.1, 0.15) is 13.8 Å². The van der Waals surface area contributed by atoms with E-state index in [1.807, 2.05) is 44.2 Å². The Balaban J connectivity index is 3.05. The van der Waals surface area contributed by atoms with E-state index in [-0.39, 0.29) is 5.92 Å². The molecular weight excluding hydrogens is 186 g/mol. The lowest BCUT2D eigenvalue weighted by Gasteiger charge is -2.09. The smallest absolute Gasteiger partial charge is 0.0693 e. The van der Waals surface area contributed by atoms with Crippen molar-refractivity contribution in [3.63, 3.8) is 0 Å². The molecule has 0 unspecified atom stereocenters. The average molecular weight is 203 g/mol. The second-order valence-electron chi connectivity index (χ2n) is 3.61. The van der Waals surface area contributed by atoms with E-state index in [4.69, 9.17) is 11.5 Å². The molecular formula is C12H17N3. The molecule has 3 nitrogen and oxygen atoms in total. The van der Waals surface area contributed by atoms with Crippen molar-refractivity contribution in [2.45, 2.75) is 13.8 Å². The van der Waals surface area contributed by atoms with E-state index in [1.165, 1.54) is 6.20 Å². The van der Waals surface area contributed by atoms with Gasteiger partial charge in [-0.05, 0) is 18.1 Å². The first-order valence-corrected chi connectivity index (χ1v) is 4.96. The second-order valence-corrected chi connectivity index (χ2v) is 3.61. The van der Waals surface area contributed by atoms with Crippen LogP contribution >= 0.6 is 0 Å². The van der Waals surface area contributed by atoms with Gasteiger partial charge in [-0.25, -0.2) is 0 Å². The molecule has 0 aliphatic rings. The van der Waals surface area contributed by atoms with Gasteiger partial charge in [0.05, 0.1) is 17.1 Å². The quantitative estimate of drug-likeness (QED) is 0.739. The molecule has 0 radical (unpaired) electrons. The highest BCUT2D eigenvalue weighted by atomic mass is 14.8. The second kappa shape index (κ2) is 5.20. The zero-order valence-electron chi connectivity index (χ0n) is 9.14. The summed E-state index contributed by atoms with van der Waals surface area (Å²) in [7, 11) is 0. The minimum absolute atomic E-state index is 0.255. The standard InChI is InChI=1S/C12H17N3/c1-9(2)12(11(14)8-13)15-10-6-4-3-5-7-10/h3-9H,13-14H2,1-2H3/b11-8+,15-12?. The third-order valence-corrected chi connectivity index (χ3v) is 2.03. The van der Waals surface area contributed by atoms with Gasteiger partial charge in [-0.1, -0.05) is 32.0 Å². The van der Waals surface area contributed by atoms with Gasteiger partial charge in [0.25, 0.3) is 0 Å². The van der Waals surface area contributed by atoms with Crippen molar-refractivity contribution >= 4 is 11.4 Å². The summed E-state index contributed by atoms with van der Waals surface area (Å²) in [5, 5.41) is 0. The van der Waals surface area contributed by atoms with E-state index in [1.54, 1.807) is 0 Å². The molecule has 0 heterocycles. The van der Waals surface area contributed by atoms with E-state index in [0.717, 1.165) is 11.4 Å². The number of hydrogen-bond acceptors (Lipinski definition) is 3. The zero-order valence-corrected chi connectivity index (χ0v) is 9.14. The fraction of sp³-hybridized carbons (Fsp3) is 0.250. The molecule has 0 amide bonds. The van der Waals surface area contributed by atoms with Gasteiger partial charge < -0.3 is 11.5 Å². The number of aliphatic imine (C=N–C) groups is 1. The van der Waals surface area contributed by atoms with Gasteiger partial charge in [-0.2, -0.15) is 0 Å². The fourth-order valence-electron chi connectivity index (χ4n) is 1.25. The molecule has 0 saturated carbocycles. The molecule has 0 aliphatic heterocycles. The molecule has 0 spiro atoms. The number of hydrogen-bond donors (Lipinski definition) is 2. The van der Waals surface area contributed by atoms with Crippen LogP contribution in [0.4, 0.5) is 5.69 Å². The number of para-hydroxylation sites is 1. The predicted octanol–water partition coefficient (Wildman–Crippen LogP) is 2.17. The molecule has 80 valence electrons. The van der Waals surface area contributed by atoms with Crippen molar-refractivity contribution in [3.05, 3.63) is 42.2 Å². The first kappa shape index (κ1) is 11.3. The maximum Gasteiger partial charge on any atom is 0.0693 e. The van der Waals surface area contributed by atoms with Crippen LogP contribution < -0.4 is 11.5 Å². The number of rotatable bonds is 3. The Morgan fingerprint density at radius 2 is 1.87 bits per heavy atom. The summed E-state index contributed by atoms with van der Waals surface area (Å²) in [6.45, 7) is 4.08. The third-order valence-electron chi connectivity index (χ3n) is 2.03. The van der Waals surface area contributed by atoms with Crippen LogP contribution in [0.3, 0.4) is 0 Å². The minimum Gasteiger partial charge on any atom is -0.403 e. The minimum atomic E-state index is 0.255. The summed E-state index contributed by atoms with van der Waals surface area (Å²) >= 11 is 0. The maximum atomic E-state index is 5.77. The average Bonchev–Trinajstić information content (AvgIpc) is 2.26. The summed E-state index contributed by atoms with van der Waals surface area (Å²) in [5.74, 6) is 0.255. The molecule has 0 atom stereocenters. The van der Waals surface area contributed by atoms with Gasteiger partial charge in [-0.3, -0.25) is 4.99 Å². The van der Waals surface area contributed by atoms with E-state index in [2.05, 4.69) is 4.99 Å². The van der Waals surface area contributed by atoms with Crippen LogP contribution in [0, 0.1) is 5.92 Å². The molecule has 0 aliphatic carbocycles. The van der Waals surface area contributed by atoms with Crippen molar-refractivity contribution in [1.82, 2.24) is 0 Å². The van der Waals surface area contributed by atoms with Gasteiger partial charge in [0, 0.05) is 6.20 Å². The molecule has 1 rings (SSSR count). The molecule has 0 saturated heterocycles. The third kappa shape index (κ3) is 3.13. The van der Waals surface area contributed by atoms with Crippen LogP contribution in [-0.2, 0) is 0 Å². The summed E-state index contributed by atoms with van der Waals surface area (Å²) in [5.41, 5.74) is 13.4. The summed E-state index contributed by atoms with van der Waals surface area (Å²) in [6, 6.07) is 9.72. The normalized spacial score (nSPS) is 13.3. The number of benzene rings is 1. The highest BCUT2D eigenvalue weighted by Gasteiger charge is 2.07. The molecule has 15 heavy (non-hydrogen) atoms. The van der Waals surface area contributed by atoms with Crippen LogP contribution in [0.25, 0.3) is 0 Å². The Kier molecular flexibility index (Phi) is 3.92. The van der Waals surface area contributed by atoms with E-state index < -0.39 is 0 Å². The number of allylic oxidation sites excluding steroid dienone is 1. The van der Waals surface area contributed by atoms with Crippen LogP contribution in [0.2, 0.25) is 0 Å². The van der Waals surface area contributed by atoms with Gasteiger partial charge >= 0.3 is 0 Å². The lowest BCUT2D eigenvalue weighted by Crippen LogP contribution is -2.18. The molecule has 3 heteroatoms. The van der Waals surface area contributed by atoms with E-state index >= 15 is 0 Å². The molecule has 1 aromatic carbocycles. The molecule has 4 N–H and O–H groups in total. The first-order chi connectivity index (χ1) is 7.15. The Labute approximate surface area is 90.5 Å². The predicted molar refractivity (Wildman–Crippen MR) is 64.8 cm³/mol. The monoisotopic (exact) mass is 203 g/mol. The largest absolute Gasteiger partial charge is 0.403 e. The molecule has 0 bridgehead atoms. The molecule has 0 aromatic heterocycles. The SMILES string of the molecule is CC(C)C(=Nc1ccccc1)/C(N)=C\N. The topological polar surface area (TPSA) is 64.4 Å². The van der Waals surface area contributed by atoms with Crippen LogP contribution in [0.15, 0.2) is 47.2 Å². The van der Waals surface area contributed by atoms with Gasteiger partial charge in [0.15, 0.2) is 0 Å². The zero-order chi connectivity index (χ0) is 11.3. The first-order valence-electron chi connectivity index (χ1n) is 4.96. The van der Waals surface area contributed by atoms with Gasteiger partial charge in [0.1, 0.15) is 0 Å². The summed E-state index contributed by atoms with van der Waals surface area (Å²) in [6.07, 6.45) is 1.39. The van der Waals surface area contributed by atoms with Gasteiger partial charge in [-0.15, -0.1) is 0 Å². The lowest BCUT2D eigenvalue weighted by atomic mass is 10.1. The van der Waals surface area contributed by atoms with Crippen molar-refractivity contribution < 1.29 is 0 Å². The van der Waals surface area contributed by atoms with Crippen molar-refractivity contribution in [2.24, 2.45) is 22.4 Å². The van der Waals surface area contributed by atoms with Gasteiger partial charge in [0.2, 0.25) is 0 Å². The molecule has 0 fully saturated rings. The van der Waals surface area contributed by atoms with Crippen LogP contribution in [0.5, 0.6) is 0 Å². The fourth-order valence-corrected chi connectivity index (χ4v) is 1.25. The van der Waals surface area contributed by atoms with E-state index in [0.29, 0.717) is 5.70 Å². The Hall–Kier alpha value is -1.77. The summed E-state index contributed by atoms with van der Waals surface area (Å²) < 4.78 is 0. The maximum absolute atomic E-state index is 5.77. The molecule has 1 aromatic rings. The Morgan fingerprint density at radius 3 is 2.33 bits per heavy atom. The van der Waals surface area contributed by atoms with Crippen LogP contribution in [-0.4, -0.2) is 5.71 Å². The Bertz CT molecular complexity index is 364. The highest BCUT2D eigenvalue weighted by molar-refractivity contribution is 6.02. The van der Waals surface area contributed by atoms with Crippen molar-refractivity contribution in [2.75, 3.05) is 0 Å². The number of nitrogens with two attached hydrogens (primary N) is 2. The Morgan fingerprint density at radius 1 is 1.27 bits per heavy atom. The van der Waals surface area contributed by atoms with E-state index in [9.17, 15) is 0 Å².